The van der Waals surface area contributed by atoms with Gasteiger partial charge in [0, 0.05) is 25.5 Å². The second-order valence-electron chi connectivity index (χ2n) is 5.51. The third-order valence-electron chi connectivity index (χ3n) is 3.73. The number of pyridine rings is 1. The fraction of sp³-hybridized carbons (Fsp3) is 0.294. The van der Waals surface area contributed by atoms with Gasteiger partial charge in [-0.3, -0.25) is 0 Å². The van der Waals surface area contributed by atoms with E-state index in [9.17, 15) is 5.11 Å². The first-order valence-corrected chi connectivity index (χ1v) is 7.39. The van der Waals surface area contributed by atoms with Gasteiger partial charge < -0.3 is 20.4 Å². The van der Waals surface area contributed by atoms with Crippen LogP contribution in [0.25, 0.3) is 0 Å². The van der Waals surface area contributed by atoms with Crippen molar-refractivity contribution < 1.29 is 14.7 Å². The van der Waals surface area contributed by atoms with Crippen LogP contribution in [0.4, 0.5) is 5.82 Å². The van der Waals surface area contributed by atoms with Gasteiger partial charge in [-0.1, -0.05) is 17.3 Å². The summed E-state index contributed by atoms with van der Waals surface area (Å²) in [5, 5.41) is 13.5. The lowest BCUT2D eigenvalue weighted by molar-refractivity contribution is 0.0859. The summed E-state index contributed by atoms with van der Waals surface area (Å²) in [6, 6.07) is 10.9. The molecule has 6 nitrogen and oxygen atoms in total. The van der Waals surface area contributed by atoms with Gasteiger partial charge in [-0.25, -0.2) is 4.98 Å². The number of methoxy groups -OCH3 is 1. The molecule has 1 aliphatic rings. The van der Waals surface area contributed by atoms with E-state index in [-0.39, 0.29) is 11.9 Å². The number of aromatic hydroxyl groups is 1. The predicted octanol–water partition coefficient (Wildman–Crippen LogP) is 2.58. The van der Waals surface area contributed by atoms with Crippen LogP contribution in [-0.2, 0) is 22.6 Å². The molecule has 0 spiro atoms. The molecule has 1 aromatic carbocycles. The fourth-order valence-corrected chi connectivity index (χ4v) is 2.58. The molecule has 1 atom stereocenters. The molecule has 1 aliphatic heterocycles. The largest absolute Gasteiger partial charge is 0.508 e. The van der Waals surface area contributed by atoms with Gasteiger partial charge in [-0.15, -0.1) is 0 Å². The van der Waals surface area contributed by atoms with E-state index in [4.69, 9.17) is 15.3 Å². The first-order chi connectivity index (χ1) is 11.2. The van der Waals surface area contributed by atoms with Crippen LogP contribution in [0.15, 0.2) is 41.6 Å². The Kier molecular flexibility index (Phi) is 4.43. The maximum Gasteiger partial charge on any atom is 0.161 e. The van der Waals surface area contributed by atoms with Gasteiger partial charge in [0.2, 0.25) is 0 Å². The zero-order valence-corrected chi connectivity index (χ0v) is 12.9. The van der Waals surface area contributed by atoms with Gasteiger partial charge in [0.25, 0.3) is 0 Å². The van der Waals surface area contributed by atoms with E-state index >= 15 is 0 Å². The summed E-state index contributed by atoms with van der Waals surface area (Å²) in [7, 11) is 1.62. The highest BCUT2D eigenvalue weighted by Gasteiger charge is 2.25. The first-order valence-electron chi connectivity index (χ1n) is 7.39. The highest BCUT2D eigenvalue weighted by Crippen LogP contribution is 2.31. The second-order valence-corrected chi connectivity index (χ2v) is 5.51. The molecule has 0 amide bonds. The predicted molar refractivity (Wildman–Crippen MR) is 87.1 cm³/mol. The van der Waals surface area contributed by atoms with Gasteiger partial charge in [0.05, 0.1) is 18.0 Å². The Labute approximate surface area is 134 Å². The summed E-state index contributed by atoms with van der Waals surface area (Å²) in [5.41, 5.74) is 9.67. The Balaban J connectivity index is 1.65. The van der Waals surface area contributed by atoms with E-state index < -0.39 is 0 Å². The molecule has 120 valence electrons. The standard InChI is InChI=1S/C17H19N3O3/c1-22-10-12-4-7-15(17(18)19-12)16-9-13(20-23-16)8-11-2-5-14(21)6-3-11/h2-7,16,21H,8-10H2,1H3,(H2,18,19). The first kappa shape index (κ1) is 15.3. The second kappa shape index (κ2) is 6.66. The summed E-state index contributed by atoms with van der Waals surface area (Å²) in [6.45, 7) is 0.429. The maximum absolute atomic E-state index is 9.31. The van der Waals surface area contributed by atoms with Gasteiger partial charge in [-0.05, 0) is 29.8 Å². The number of nitrogens with zero attached hydrogens (tertiary/aromatic N) is 2. The molecular formula is C17H19N3O3. The van der Waals surface area contributed by atoms with Crippen molar-refractivity contribution >= 4 is 11.5 Å². The fourth-order valence-electron chi connectivity index (χ4n) is 2.58. The normalized spacial score (nSPS) is 16.9. The molecule has 0 radical (unpaired) electrons. The number of aromatic nitrogens is 1. The quantitative estimate of drug-likeness (QED) is 0.885. The monoisotopic (exact) mass is 313 g/mol. The summed E-state index contributed by atoms with van der Waals surface area (Å²) in [6.07, 6.45) is 1.16. The van der Waals surface area contributed by atoms with Crippen molar-refractivity contribution in [3.8, 4) is 5.75 Å². The molecular weight excluding hydrogens is 294 g/mol. The molecule has 2 aromatic rings. The molecule has 1 aromatic heterocycles. The number of benzene rings is 1. The van der Waals surface area contributed by atoms with Crippen LogP contribution in [0.5, 0.6) is 5.75 Å². The smallest absolute Gasteiger partial charge is 0.161 e. The number of oxime groups is 1. The number of rotatable bonds is 5. The van der Waals surface area contributed by atoms with Crippen LogP contribution < -0.4 is 5.73 Å². The van der Waals surface area contributed by atoms with Crippen LogP contribution in [0.2, 0.25) is 0 Å². The van der Waals surface area contributed by atoms with Crippen molar-refractivity contribution in [1.82, 2.24) is 4.98 Å². The zero-order chi connectivity index (χ0) is 16.2. The van der Waals surface area contributed by atoms with Gasteiger partial charge in [-0.2, -0.15) is 0 Å². The molecule has 0 saturated heterocycles. The lowest BCUT2D eigenvalue weighted by Crippen LogP contribution is -2.08. The Morgan fingerprint density at radius 2 is 2.04 bits per heavy atom. The van der Waals surface area contributed by atoms with Crippen LogP contribution in [-0.4, -0.2) is 22.9 Å². The summed E-state index contributed by atoms with van der Waals surface area (Å²) < 4.78 is 5.05. The summed E-state index contributed by atoms with van der Waals surface area (Å²) in [5.74, 6) is 0.705. The number of hydrogen-bond donors (Lipinski definition) is 2. The number of nitrogens with two attached hydrogens (primary N) is 1. The number of phenols is 1. The van der Waals surface area contributed by atoms with E-state index in [1.807, 2.05) is 24.3 Å². The van der Waals surface area contributed by atoms with Crippen molar-refractivity contribution in [1.29, 1.82) is 0 Å². The van der Waals surface area contributed by atoms with Gasteiger partial charge >= 0.3 is 0 Å². The summed E-state index contributed by atoms with van der Waals surface area (Å²) >= 11 is 0. The Morgan fingerprint density at radius 3 is 2.74 bits per heavy atom. The van der Waals surface area contributed by atoms with Gasteiger partial charge in [0.1, 0.15) is 11.6 Å². The van der Waals surface area contributed by atoms with Crippen LogP contribution in [0.1, 0.15) is 29.3 Å². The van der Waals surface area contributed by atoms with Crippen molar-refractivity contribution in [3.63, 3.8) is 0 Å². The molecule has 2 heterocycles. The average molecular weight is 313 g/mol. The van der Waals surface area contributed by atoms with Crippen molar-refractivity contribution in [2.24, 2.45) is 5.16 Å². The number of phenolic OH excluding ortho intramolecular Hbond substituents is 1. The lowest BCUT2D eigenvalue weighted by atomic mass is 10.0. The molecule has 1 unspecified atom stereocenters. The lowest BCUT2D eigenvalue weighted by Gasteiger charge is -2.11. The Hall–Kier alpha value is -2.60. The van der Waals surface area contributed by atoms with Gasteiger partial charge in [0.15, 0.2) is 6.10 Å². The number of nitrogen functional groups attached to an aromatic ring is 1. The van der Waals surface area contributed by atoms with E-state index in [0.29, 0.717) is 25.3 Å². The Morgan fingerprint density at radius 1 is 1.26 bits per heavy atom. The highest BCUT2D eigenvalue weighted by atomic mass is 16.6. The van der Waals surface area contributed by atoms with Crippen LogP contribution >= 0.6 is 0 Å². The van der Waals surface area contributed by atoms with Crippen LogP contribution in [0, 0.1) is 0 Å². The van der Waals surface area contributed by atoms with Crippen molar-refractivity contribution in [2.75, 3.05) is 12.8 Å². The van der Waals surface area contributed by atoms with Crippen LogP contribution in [0.3, 0.4) is 0 Å². The molecule has 23 heavy (non-hydrogen) atoms. The van der Waals surface area contributed by atoms with Crippen molar-refractivity contribution in [3.05, 3.63) is 53.2 Å². The maximum atomic E-state index is 9.31. The molecule has 0 fully saturated rings. The minimum Gasteiger partial charge on any atom is -0.508 e. The average Bonchev–Trinajstić information content (AvgIpc) is 2.98. The molecule has 0 bridgehead atoms. The number of ether oxygens (including phenoxy) is 1. The minimum atomic E-state index is -0.203. The summed E-state index contributed by atoms with van der Waals surface area (Å²) in [4.78, 5) is 9.84. The van der Waals surface area contributed by atoms with E-state index in [2.05, 4.69) is 10.1 Å². The number of anilines is 1. The highest BCUT2D eigenvalue weighted by molar-refractivity contribution is 5.87. The number of hydrogen-bond acceptors (Lipinski definition) is 6. The minimum absolute atomic E-state index is 0.203. The third-order valence-corrected chi connectivity index (χ3v) is 3.73. The van der Waals surface area contributed by atoms with E-state index in [1.54, 1.807) is 19.2 Å². The third kappa shape index (κ3) is 3.60. The van der Waals surface area contributed by atoms with E-state index in [0.717, 1.165) is 22.5 Å². The molecule has 0 aliphatic carbocycles. The molecule has 6 heteroatoms. The zero-order valence-electron chi connectivity index (χ0n) is 12.9. The molecule has 0 saturated carbocycles. The SMILES string of the molecule is COCc1ccc(C2CC(Cc3ccc(O)cc3)=NO2)c(N)n1. The topological polar surface area (TPSA) is 90.0 Å². The molecule has 3 N–H and O–H groups in total. The Bertz CT molecular complexity index is 714. The van der Waals surface area contributed by atoms with Crippen molar-refractivity contribution in [2.45, 2.75) is 25.6 Å². The van der Waals surface area contributed by atoms with E-state index in [1.165, 1.54) is 0 Å². The molecule has 3 rings (SSSR count).